The monoisotopic (exact) mass is 200 g/mol. The van der Waals surface area contributed by atoms with Gasteiger partial charge in [-0.25, -0.2) is 0 Å². The summed E-state index contributed by atoms with van der Waals surface area (Å²) in [6.45, 7) is 4.04. The first kappa shape index (κ1) is 9.63. The van der Waals surface area contributed by atoms with Gasteiger partial charge in [-0.1, -0.05) is 35.3 Å². The lowest BCUT2D eigenvalue weighted by atomic mass is 10.1. The van der Waals surface area contributed by atoms with E-state index in [0.29, 0.717) is 10.0 Å². The average molecular weight is 201 g/mol. The maximum absolute atomic E-state index is 5.86. The van der Waals surface area contributed by atoms with Crippen molar-refractivity contribution in [3.8, 4) is 0 Å². The van der Waals surface area contributed by atoms with Crippen LogP contribution in [-0.4, -0.2) is 0 Å². The van der Waals surface area contributed by atoms with Crippen LogP contribution in [0.25, 0.3) is 5.57 Å². The second-order valence-corrected chi connectivity index (χ2v) is 3.41. The average Bonchev–Trinajstić information content (AvgIpc) is 2.08. The number of hydrogen-bond donors (Lipinski definition) is 0. The van der Waals surface area contributed by atoms with Gasteiger partial charge in [-0.05, 0) is 37.1 Å². The number of rotatable bonds is 1. The molecule has 64 valence electrons. The summed E-state index contributed by atoms with van der Waals surface area (Å²) >= 11 is 11.6. The van der Waals surface area contributed by atoms with Gasteiger partial charge < -0.3 is 0 Å². The minimum absolute atomic E-state index is 0.601. The molecule has 12 heavy (non-hydrogen) atoms. The molecule has 0 saturated heterocycles. The molecule has 1 aromatic rings. The molecule has 0 heterocycles. The van der Waals surface area contributed by atoms with Crippen LogP contribution in [0, 0.1) is 0 Å². The zero-order chi connectivity index (χ0) is 9.14. The van der Waals surface area contributed by atoms with Gasteiger partial charge in [0.15, 0.2) is 0 Å². The van der Waals surface area contributed by atoms with E-state index in [1.165, 1.54) is 5.57 Å². The van der Waals surface area contributed by atoms with Crippen LogP contribution in [-0.2, 0) is 0 Å². The van der Waals surface area contributed by atoms with E-state index in [2.05, 4.69) is 0 Å². The Balaban J connectivity index is 3.13. The molecule has 0 saturated carbocycles. The summed E-state index contributed by atoms with van der Waals surface area (Å²) in [7, 11) is 0. The molecule has 0 radical (unpaired) electrons. The molecule has 0 aliphatic heterocycles. The smallest absolute Gasteiger partial charge is 0.0598 e. The summed E-state index contributed by atoms with van der Waals surface area (Å²) in [4.78, 5) is 0. The second-order valence-electron chi connectivity index (χ2n) is 2.60. The van der Waals surface area contributed by atoms with Crippen LogP contribution >= 0.6 is 23.2 Å². The normalized spacial score (nSPS) is 11.8. The standard InChI is InChI=1S/C10H10Cl2/c1-3-7(2)8-4-5-9(11)10(12)6-8/h3-6H,1-2H3/b7-3-. The highest BCUT2D eigenvalue weighted by molar-refractivity contribution is 6.42. The molecular formula is C10H10Cl2. The molecule has 0 aliphatic carbocycles. The maximum atomic E-state index is 5.86. The molecule has 0 unspecified atom stereocenters. The third-order valence-corrected chi connectivity index (χ3v) is 2.55. The molecule has 0 fully saturated rings. The van der Waals surface area contributed by atoms with Crippen molar-refractivity contribution in [3.05, 3.63) is 39.9 Å². The van der Waals surface area contributed by atoms with Gasteiger partial charge in [0.1, 0.15) is 0 Å². The van der Waals surface area contributed by atoms with Gasteiger partial charge in [-0.3, -0.25) is 0 Å². The van der Waals surface area contributed by atoms with Crippen molar-refractivity contribution in [1.82, 2.24) is 0 Å². The van der Waals surface area contributed by atoms with Gasteiger partial charge in [-0.15, -0.1) is 0 Å². The van der Waals surface area contributed by atoms with Crippen LogP contribution in [0.1, 0.15) is 19.4 Å². The van der Waals surface area contributed by atoms with Crippen LogP contribution < -0.4 is 0 Å². The van der Waals surface area contributed by atoms with E-state index < -0.39 is 0 Å². The van der Waals surface area contributed by atoms with Crippen molar-refractivity contribution < 1.29 is 0 Å². The van der Waals surface area contributed by atoms with Crippen molar-refractivity contribution in [1.29, 1.82) is 0 Å². The quantitative estimate of drug-likeness (QED) is 0.630. The Morgan fingerprint density at radius 1 is 1.25 bits per heavy atom. The van der Waals surface area contributed by atoms with Gasteiger partial charge >= 0.3 is 0 Å². The number of hydrogen-bond acceptors (Lipinski definition) is 0. The van der Waals surface area contributed by atoms with Crippen LogP contribution in [0.2, 0.25) is 10.0 Å². The summed E-state index contributed by atoms with van der Waals surface area (Å²) in [6, 6.07) is 5.65. The Kier molecular flexibility index (Phi) is 3.19. The lowest BCUT2D eigenvalue weighted by molar-refractivity contribution is 1.54. The fraction of sp³-hybridized carbons (Fsp3) is 0.200. The first-order chi connectivity index (χ1) is 5.65. The molecule has 0 atom stereocenters. The Bertz CT molecular complexity index is 314. The third kappa shape index (κ3) is 2.02. The van der Waals surface area contributed by atoms with Crippen molar-refractivity contribution in [2.45, 2.75) is 13.8 Å². The van der Waals surface area contributed by atoms with E-state index >= 15 is 0 Å². The highest BCUT2D eigenvalue weighted by atomic mass is 35.5. The van der Waals surface area contributed by atoms with E-state index in [1.54, 1.807) is 0 Å². The van der Waals surface area contributed by atoms with E-state index in [9.17, 15) is 0 Å². The summed E-state index contributed by atoms with van der Waals surface area (Å²) in [5.41, 5.74) is 2.32. The fourth-order valence-electron chi connectivity index (χ4n) is 0.908. The predicted octanol–water partition coefficient (Wildman–Crippen LogP) is 4.42. The molecule has 0 amide bonds. The first-order valence-corrected chi connectivity index (χ1v) is 4.49. The summed E-state index contributed by atoms with van der Waals surface area (Å²) in [5.74, 6) is 0. The Morgan fingerprint density at radius 2 is 1.92 bits per heavy atom. The summed E-state index contributed by atoms with van der Waals surface area (Å²) in [6.07, 6.45) is 2.04. The number of allylic oxidation sites excluding steroid dienone is 2. The van der Waals surface area contributed by atoms with Crippen LogP contribution in [0.5, 0.6) is 0 Å². The van der Waals surface area contributed by atoms with Crippen molar-refractivity contribution in [3.63, 3.8) is 0 Å². The molecule has 0 bridgehead atoms. The molecule has 1 rings (SSSR count). The highest BCUT2D eigenvalue weighted by Crippen LogP contribution is 2.25. The van der Waals surface area contributed by atoms with E-state index in [-0.39, 0.29) is 0 Å². The van der Waals surface area contributed by atoms with Gasteiger partial charge in [0.25, 0.3) is 0 Å². The maximum Gasteiger partial charge on any atom is 0.0598 e. The summed E-state index contributed by atoms with van der Waals surface area (Å²) < 4.78 is 0. The predicted molar refractivity (Wildman–Crippen MR) is 55.8 cm³/mol. The number of benzene rings is 1. The molecule has 0 spiro atoms. The Morgan fingerprint density at radius 3 is 2.42 bits per heavy atom. The van der Waals surface area contributed by atoms with Gasteiger partial charge in [0.2, 0.25) is 0 Å². The Hall–Kier alpha value is -0.460. The van der Waals surface area contributed by atoms with E-state index in [1.807, 2.05) is 38.1 Å². The Labute approximate surface area is 82.8 Å². The van der Waals surface area contributed by atoms with Crippen molar-refractivity contribution in [2.24, 2.45) is 0 Å². The molecule has 2 heteroatoms. The molecule has 0 aromatic heterocycles. The van der Waals surface area contributed by atoms with Crippen LogP contribution in [0.3, 0.4) is 0 Å². The van der Waals surface area contributed by atoms with Crippen molar-refractivity contribution in [2.75, 3.05) is 0 Å². The molecule has 0 nitrogen and oxygen atoms in total. The highest BCUT2D eigenvalue weighted by Gasteiger charge is 1.99. The minimum atomic E-state index is 0.601. The molecular weight excluding hydrogens is 191 g/mol. The van der Waals surface area contributed by atoms with Crippen molar-refractivity contribution >= 4 is 28.8 Å². The second kappa shape index (κ2) is 3.97. The van der Waals surface area contributed by atoms with E-state index in [4.69, 9.17) is 23.2 Å². The van der Waals surface area contributed by atoms with Gasteiger partial charge in [0.05, 0.1) is 10.0 Å². The first-order valence-electron chi connectivity index (χ1n) is 3.73. The largest absolute Gasteiger partial charge is 0.0841 e. The third-order valence-electron chi connectivity index (χ3n) is 1.81. The summed E-state index contributed by atoms with van der Waals surface area (Å²) in [5, 5.41) is 1.21. The molecule has 0 N–H and O–H groups in total. The SMILES string of the molecule is C/C=C(/C)c1ccc(Cl)c(Cl)c1. The van der Waals surface area contributed by atoms with Crippen LogP contribution in [0.4, 0.5) is 0 Å². The lowest BCUT2D eigenvalue weighted by Crippen LogP contribution is -1.78. The van der Waals surface area contributed by atoms with E-state index in [0.717, 1.165) is 5.56 Å². The zero-order valence-electron chi connectivity index (χ0n) is 7.07. The fourth-order valence-corrected chi connectivity index (χ4v) is 1.21. The minimum Gasteiger partial charge on any atom is -0.0841 e. The topological polar surface area (TPSA) is 0 Å². The van der Waals surface area contributed by atoms with Crippen LogP contribution in [0.15, 0.2) is 24.3 Å². The molecule has 1 aromatic carbocycles. The van der Waals surface area contributed by atoms with Gasteiger partial charge in [0, 0.05) is 0 Å². The zero-order valence-corrected chi connectivity index (χ0v) is 8.58. The molecule has 0 aliphatic rings. The number of halogens is 2. The van der Waals surface area contributed by atoms with Gasteiger partial charge in [-0.2, -0.15) is 0 Å². The lowest BCUT2D eigenvalue weighted by Gasteiger charge is -2.02.